The van der Waals surface area contributed by atoms with Crippen LogP contribution in [-0.2, 0) is 12.8 Å². The number of aryl methyl sites for hydroxylation is 1. The molecule has 94 valence electrons. The zero-order valence-corrected chi connectivity index (χ0v) is 12.2. The van der Waals surface area contributed by atoms with E-state index in [0.717, 1.165) is 17.3 Å². The molecule has 0 bridgehead atoms. The van der Waals surface area contributed by atoms with Crippen molar-refractivity contribution < 1.29 is 0 Å². The van der Waals surface area contributed by atoms with Gasteiger partial charge in [0.05, 0.1) is 0 Å². The maximum Gasteiger partial charge on any atom is 0.0338 e. The molecule has 2 heteroatoms. The molecule has 0 saturated carbocycles. The number of rotatable bonds is 4. The van der Waals surface area contributed by atoms with E-state index in [1.807, 2.05) is 0 Å². The van der Waals surface area contributed by atoms with Crippen molar-refractivity contribution in [1.29, 1.82) is 0 Å². The molecule has 1 nitrogen and oxygen atoms in total. The normalized spacial score (nSPS) is 12.4. The standard InChI is InChI=1S/C16H18BrN/c1-2-13-5-3-4-6-15(13)16(18)11-12-7-9-14(17)10-8-12/h3-10,16H,2,11,18H2,1H3. The van der Waals surface area contributed by atoms with E-state index in [2.05, 4.69) is 71.4 Å². The molecule has 2 rings (SSSR count). The average molecular weight is 304 g/mol. The van der Waals surface area contributed by atoms with E-state index in [1.165, 1.54) is 16.7 Å². The number of nitrogens with two attached hydrogens (primary N) is 1. The Balaban J connectivity index is 2.16. The maximum absolute atomic E-state index is 6.33. The highest BCUT2D eigenvalue weighted by atomic mass is 79.9. The first-order valence-electron chi connectivity index (χ1n) is 6.28. The van der Waals surface area contributed by atoms with Crippen LogP contribution in [0, 0.1) is 0 Å². The topological polar surface area (TPSA) is 26.0 Å². The lowest BCUT2D eigenvalue weighted by Crippen LogP contribution is -2.15. The van der Waals surface area contributed by atoms with Gasteiger partial charge in [0.1, 0.15) is 0 Å². The van der Waals surface area contributed by atoms with Gasteiger partial charge in [0, 0.05) is 10.5 Å². The fourth-order valence-corrected chi connectivity index (χ4v) is 2.47. The van der Waals surface area contributed by atoms with E-state index in [-0.39, 0.29) is 6.04 Å². The second kappa shape index (κ2) is 6.17. The molecule has 0 saturated heterocycles. The van der Waals surface area contributed by atoms with Gasteiger partial charge in [-0.25, -0.2) is 0 Å². The van der Waals surface area contributed by atoms with Crippen LogP contribution in [0.1, 0.15) is 29.7 Å². The molecule has 2 aromatic carbocycles. The van der Waals surface area contributed by atoms with Crippen LogP contribution < -0.4 is 5.73 Å². The van der Waals surface area contributed by atoms with Crippen molar-refractivity contribution in [2.75, 3.05) is 0 Å². The molecule has 1 unspecified atom stereocenters. The molecular formula is C16H18BrN. The molecule has 0 amide bonds. The van der Waals surface area contributed by atoms with Gasteiger partial charge in [0.25, 0.3) is 0 Å². The van der Waals surface area contributed by atoms with Gasteiger partial charge in [-0.1, -0.05) is 59.3 Å². The summed E-state index contributed by atoms with van der Waals surface area (Å²) in [6, 6.07) is 16.9. The predicted molar refractivity (Wildman–Crippen MR) is 80.6 cm³/mol. The molecule has 2 N–H and O–H groups in total. The van der Waals surface area contributed by atoms with Gasteiger partial charge in [0.2, 0.25) is 0 Å². The summed E-state index contributed by atoms with van der Waals surface area (Å²) in [4.78, 5) is 0. The Hall–Kier alpha value is -1.12. The molecule has 0 aliphatic heterocycles. The molecule has 0 aromatic heterocycles. The zero-order chi connectivity index (χ0) is 13.0. The van der Waals surface area contributed by atoms with Gasteiger partial charge >= 0.3 is 0 Å². The number of benzene rings is 2. The smallest absolute Gasteiger partial charge is 0.0338 e. The third-order valence-corrected chi connectivity index (χ3v) is 3.73. The summed E-state index contributed by atoms with van der Waals surface area (Å²) in [6.07, 6.45) is 1.91. The van der Waals surface area contributed by atoms with E-state index in [1.54, 1.807) is 0 Å². The van der Waals surface area contributed by atoms with Crippen molar-refractivity contribution in [3.63, 3.8) is 0 Å². The third-order valence-electron chi connectivity index (χ3n) is 3.20. The Morgan fingerprint density at radius 3 is 2.39 bits per heavy atom. The van der Waals surface area contributed by atoms with E-state index in [4.69, 9.17) is 5.73 Å². The van der Waals surface area contributed by atoms with Crippen LogP contribution in [0.25, 0.3) is 0 Å². The zero-order valence-electron chi connectivity index (χ0n) is 10.6. The van der Waals surface area contributed by atoms with Crippen LogP contribution in [0.2, 0.25) is 0 Å². The van der Waals surface area contributed by atoms with Crippen LogP contribution in [0.3, 0.4) is 0 Å². The number of halogens is 1. The Labute approximate surface area is 117 Å². The second-order valence-electron chi connectivity index (χ2n) is 4.49. The molecule has 0 aliphatic carbocycles. The van der Waals surface area contributed by atoms with E-state index >= 15 is 0 Å². The lowest BCUT2D eigenvalue weighted by Gasteiger charge is -2.16. The van der Waals surface area contributed by atoms with Crippen LogP contribution in [0.4, 0.5) is 0 Å². The second-order valence-corrected chi connectivity index (χ2v) is 5.41. The Kier molecular flexibility index (Phi) is 4.56. The lowest BCUT2D eigenvalue weighted by molar-refractivity contribution is 0.712. The molecule has 0 heterocycles. The highest BCUT2D eigenvalue weighted by Crippen LogP contribution is 2.21. The number of hydrogen-bond donors (Lipinski definition) is 1. The molecule has 0 radical (unpaired) electrons. The molecule has 2 aromatic rings. The predicted octanol–water partition coefficient (Wildman–Crippen LogP) is 4.25. The Bertz CT molecular complexity index is 505. The highest BCUT2D eigenvalue weighted by Gasteiger charge is 2.10. The quantitative estimate of drug-likeness (QED) is 0.897. The van der Waals surface area contributed by atoms with Gasteiger partial charge < -0.3 is 5.73 Å². The first-order chi connectivity index (χ1) is 8.70. The summed E-state index contributed by atoms with van der Waals surface area (Å²) in [5.41, 5.74) is 10.2. The van der Waals surface area contributed by atoms with Crippen LogP contribution in [0.15, 0.2) is 53.0 Å². The van der Waals surface area contributed by atoms with Gasteiger partial charge in [-0.3, -0.25) is 0 Å². The van der Waals surface area contributed by atoms with Gasteiger partial charge in [-0.05, 0) is 41.7 Å². The summed E-state index contributed by atoms with van der Waals surface area (Å²) in [7, 11) is 0. The van der Waals surface area contributed by atoms with Crippen molar-refractivity contribution in [2.45, 2.75) is 25.8 Å². The van der Waals surface area contributed by atoms with Crippen LogP contribution in [-0.4, -0.2) is 0 Å². The summed E-state index contributed by atoms with van der Waals surface area (Å²) in [5, 5.41) is 0. The maximum atomic E-state index is 6.33. The first-order valence-corrected chi connectivity index (χ1v) is 7.08. The summed E-state index contributed by atoms with van der Waals surface area (Å²) in [6.45, 7) is 2.17. The van der Waals surface area contributed by atoms with Gasteiger partial charge in [-0.15, -0.1) is 0 Å². The van der Waals surface area contributed by atoms with E-state index in [9.17, 15) is 0 Å². The van der Waals surface area contributed by atoms with Gasteiger partial charge in [0.15, 0.2) is 0 Å². The molecule has 0 spiro atoms. The van der Waals surface area contributed by atoms with Crippen molar-refractivity contribution in [3.8, 4) is 0 Å². The summed E-state index contributed by atoms with van der Waals surface area (Å²) >= 11 is 3.45. The largest absolute Gasteiger partial charge is 0.324 e. The summed E-state index contributed by atoms with van der Waals surface area (Å²) < 4.78 is 1.11. The fourth-order valence-electron chi connectivity index (χ4n) is 2.20. The third kappa shape index (κ3) is 3.21. The minimum Gasteiger partial charge on any atom is -0.324 e. The molecule has 18 heavy (non-hydrogen) atoms. The average Bonchev–Trinajstić information content (AvgIpc) is 2.41. The van der Waals surface area contributed by atoms with Gasteiger partial charge in [-0.2, -0.15) is 0 Å². The van der Waals surface area contributed by atoms with Crippen molar-refractivity contribution >= 4 is 15.9 Å². The highest BCUT2D eigenvalue weighted by molar-refractivity contribution is 9.10. The molecule has 0 aliphatic rings. The van der Waals surface area contributed by atoms with E-state index in [0.29, 0.717) is 0 Å². The van der Waals surface area contributed by atoms with E-state index < -0.39 is 0 Å². The monoisotopic (exact) mass is 303 g/mol. The first kappa shape index (κ1) is 13.3. The number of hydrogen-bond acceptors (Lipinski definition) is 1. The molecular weight excluding hydrogens is 286 g/mol. The molecule has 1 atom stereocenters. The Morgan fingerprint density at radius 1 is 1.06 bits per heavy atom. The van der Waals surface area contributed by atoms with Crippen molar-refractivity contribution in [1.82, 2.24) is 0 Å². The fraction of sp³-hybridized carbons (Fsp3) is 0.250. The Morgan fingerprint density at radius 2 is 1.72 bits per heavy atom. The molecule has 0 fully saturated rings. The SMILES string of the molecule is CCc1ccccc1C(N)Cc1ccc(Br)cc1. The van der Waals surface area contributed by atoms with Crippen molar-refractivity contribution in [3.05, 3.63) is 69.7 Å². The van der Waals surface area contributed by atoms with Crippen LogP contribution >= 0.6 is 15.9 Å². The van der Waals surface area contributed by atoms with Crippen LogP contribution in [0.5, 0.6) is 0 Å². The summed E-state index contributed by atoms with van der Waals surface area (Å²) in [5.74, 6) is 0. The van der Waals surface area contributed by atoms with Crippen molar-refractivity contribution in [2.24, 2.45) is 5.73 Å². The lowest BCUT2D eigenvalue weighted by atomic mass is 9.94. The minimum absolute atomic E-state index is 0.0716. The minimum atomic E-state index is 0.0716.